The van der Waals surface area contributed by atoms with Crippen molar-refractivity contribution in [3.05, 3.63) is 58.6 Å². The number of nitrogen functional groups attached to an aromatic ring is 1. The summed E-state index contributed by atoms with van der Waals surface area (Å²) in [6, 6.07) is 10.6. The summed E-state index contributed by atoms with van der Waals surface area (Å²) in [5.74, 6) is 0.723. The Morgan fingerprint density at radius 2 is 1.96 bits per heavy atom. The zero-order chi connectivity index (χ0) is 21.0. The molecule has 4 aromatic rings. The van der Waals surface area contributed by atoms with E-state index in [9.17, 15) is 4.79 Å². The Morgan fingerprint density at radius 1 is 1.15 bits per heavy atom. The smallest absolute Gasteiger partial charge is 0.261 e. The number of nitrogens with two attached hydrogens (primary N) is 1. The lowest BCUT2D eigenvalue weighted by Crippen LogP contribution is -2.19. The van der Waals surface area contributed by atoms with Crippen LogP contribution in [0.5, 0.6) is 0 Å². The van der Waals surface area contributed by atoms with E-state index in [1.165, 1.54) is 0 Å². The van der Waals surface area contributed by atoms with Gasteiger partial charge in [-0.3, -0.25) is 9.36 Å². The van der Waals surface area contributed by atoms with E-state index in [0.29, 0.717) is 28.3 Å². The molecule has 1 aromatic carbocycles. The highest BCUT2D eigenvalue weighted by Crippen LogP contribution is 2.34. The van der Waals surface area contributed by atoms with E-state index >= 15 is 0 Å². The van der Waals surface area contributed by atoms with Crippen LogP contribution in [0.4, 0.5) is 5.82 Å². The normalized spacial score (nSPS) is 17.3. The fraction of sp³-hybridized carbons (Fsp3) is 0.286. The zero-order valence-electron chi connectivity index (χ0n) is 17.7. The molecule has 3 heterocycles. The predicted molar refractivity (Wildman–Crippen MR) is 107 cm³/mol. The number of anilines is 1. The molecule has 1 fully saturated rings. The van der Waals surface area contributed by atoms with Gasteiger partial charge in [-0.2, -0.15) is 5.10 Å². The third kappa shape index (κ3) is 2.51. The quantitative estimate of drug-likeness (QED) is 0.592. The number of pyridine rings is 1. The van der Waals surface area contributed by atoms with Crippen molar-refractivity contribution in [1.82, 2.24) is 19.2 Å². The molecule has 1 aliphatic carbocycles. The lowest BCUT2D eigenvalue weighted by molar-refractivity contribution is 0.686. The SMILES string of the molecule is [2H]C([2H])([2H])n1c(=O)c2ccc(-c3ccc(N)nc3)cc2n2nc(C3CCCC3)cc12. The first-order valence-electron chi connectivity index (χ1n) is 10.6. The summed E-state index contributed by atoms with van der Waals surface area (Å²) in [4.78, 5) is 17.3. The highest BCUT2D eigenvalue weighted by molar-refractivity contribution is 5.85. The van der Waals surface area contributed by atoms with Crippen molar-refractivity contribution in [2.45, 2.75) is 31.6 Å². The maximum Gasteiger partial charge on any atom is 0.261 e. The fourth-order valence-electron chi connectivity index (χ4n) is 4.01. The second-order valence-corrected chi connectivity index (χ2v) is 7.16. The number of nitrogens with zero attached hydrogens (tertiary/aromatic N) is 4. The summed E-state index contributed by atoms with van der Waals surface area (Å²) in [6.45, 7) is -2.60. The van der Waals surface area contributed by atoms with Gasteiger partial charge in [-0.05, 0) is 42.7 Å². The van der Waals surface area contributed by atoms with Gasteiger partial charge in [-0.1, -0.05) is 18.9 Å². The number of benzene rings is 1. The van der Waals surface area contributed by atoms with E-state index in [0.717, 1.165) is 47.1 Å². The summed E-state index contributed by atoms with van der Waals surface area (Å²) in [7, 11) is 0. The summed E-state index contributed by atoms with van der Waals surface area (Å²) >= 11 is 0. The molecule has 136 valence electrons. The van der Waals surface area contributed by atoms with Gasteiger partial charge in [-0.25, -0.2) is 9.50 Å². The fourth-order valence-corrected chi connectivity index (χ4v) is 4.01. The highest BCUT2D eigenvalue weighted by atomic mass is 16.1. The van der Waals surface area contributed by atoms with Gasteiger partial charge in [0, 0.05) is 34.8 Å². The van der Waals surface area contributed by atoms with Crippen LogP contribution in [0.2, 0.25) is 0 Å². The van der Waals surface area contributed by atoms with E-state index in [1.807, 2.05) is 12.1 Å². The van der Waals surface area contributed by atoms with E-state index in [1.54, 1.807) is 35.0 Å². The molecule has 0 saturated heterocycles. The Morgan fingerprint density at radius 3 is 2.70 bits per heavy atom. The highest BCUT2D eigenvalue weighted by Gasteiger charge is 2.21. The molecule has 1 aliphatic rings. The van der Waals surface area contributed by atoms with Crippen LogP contribution in [-0.4, -0.2) is 19.2 Å². The topological polar surface area (TPSA) is 78.2 Å². The van der Waals surface area contributed by atoms with Crippen LogP contribution in [0, 0.1) is 0 Å². The molecule has 1 saturated carbocycles. The molecule has 0 amide bonds. The monoisotopic (exact) mass is 362 g/mol. The average Bonchev–Trinajstić information content (AvgIpc) is 3.37. The molecule has 0 aliphatic heterocycles. The van der Waals surface area contributed by atoms with Crippen molar-refractivity contribution in [1.29, 1.82) is 0 Å². The standard InChI is InChI=1S/C21H21N5O/c1-25-20-11-17(13-4-2-3-5-13)24-26(20)18-10-14(6-8-16(18)21(25)27)15-7-9-19(22)23-12-15/h6-13H,2-5H2,1H3,(H2,22,23)/i1D3. The van der Waals surface area contributed by atoms with E-state index in [4.69, 9.17) is 14.9 Å². The summed E-state index contributed by atoms with van der Waals surface area (Å²) in [5, 5.41) is 5.07. The van der Waals surface area contributed by atoms with Gasteiger partial charge in [0.15, 0.2) is 0 Å². The van der Waals surface area contributed by atoms with Gasteiger partial charge in [-0.15, -0.1) is 0 Å². The summed E-state index contributed by atoms with van der Waals surface area (Å²) < 4.78 is 26.2. The van der Waals surface area contributed by atoms with Crippen LogP contribution in [0.25, 0.3) is 27.7 Å². The van der Waals surface area contributed by atoms with Crippen molar-refractivity contribution in [2.75, 3.05) is 5.73 Å². The van der Waals surface area contributed by atoms with Gasteiger partial charge in [0.2, 0.25) is 0 Å². The number of fused-ring (bicyclic) bond motifs is 3. The van der Waals surface area contributed by atoms with Gasteiger partial charge >= 0.3 is 0 Å². The number of aryl methyl sites for hydroxylation is 1. The Kier molecular flexibility index (Phi) is 2.88. The third-order valence-corrected chi connectivity index (χ3v) is 5.49. The zero-order valence-corrected chi connectivity index (χ0v) is 14.7. The lowest BCUT2D eigenvalue weighted by atomic mass is 10.0. The third-order valence-electron chi connectivity index (χ3n) is 5.49. The maximum absolute atomic E-state index is 13.1. The van der Waals surface area contributed by atoms with Crippen LogP contribution < -0.4 is 11.3 Å². The van der Waals surface area contributed by atoms with Gasteiger partial charge in [0.25, 0.3) is 5.56 Å². The van der Waals surface area contributed by atoms with E-state index < -0.39 is 12.5 Å². The molecule has 6 nitrogen and oxygen atoms in total. The minimum absolute atomic E-state index is 0.294. The lowest BCUT2D eigenvalue weighted by Gasteiger charge is -2.08. The van der Waals surface area contributed by atoms with Crippen molar-refractivity contribution in [2.24, 2.45) is 6.98 Å². The van der Waals surface area contributed by atoms with Crippen LogP contribution in [0.1, 0.15) is 41.4 Å². The van der Waals surface area contributed by atoms with Gasteiger partial charge in [0.1, 0.15) is 11.5 Å². The van der Waals surface area contributed by atoms with Crippen molar-refractivity contribution < 1.29 is 4.11 Å². The van der Waals surface area contributed by atoms with E-state index in [2.05, 4.69) is 4.98 Å². The van der Waals surface area contributed by atoms with Crippen LogP contribution in [0.3, 0.4) is 0 Å². The maximum atomic E-state index is 13.1. The van der Waals surface area contributed by atoms with Crippen molar-refractivity contribution in [3.63, 3.8) is 0 Å². The van der Waals surface area contributed by atoms with Crippen molar-refractivity contribution >= 4 is 22.4 Å². The van der Waals surface area contributed by atoms with Crippen LogP contribution in [-0.2, 0) is 6.98 Å². The Bertz CT molecular complexity index is 1320. The first-order valence-corrected chi connectivity index (χ1v) is 9.14. The number of hydrogen-bond acceptors (Lipinski definition) is 4. The molecular formula is C21H21N5O. The Labute approximate surface area is 160 Å². The van der Waals surface area contributed by atoms with Crippen LogP contribution >= 0.6 is 0 Å². The van der Waals surface area contributed by atoms with Gasteiger partial charge < -0.3 is 5.73 Å². The molecule has 0 radical (unpaired) electrons. The Balaban J connectivity index is 1.82. The first-order chi connectivity index (χ1) is 14.3. The molecule has 0 spiro atoms. The number of aromatic nitrogens is 4. The minimum Gasteiger partial charge on any atom is -0.384 e. The van der Waals surface area contributed by atoms with E-state index in [-0.39, 0.29) is 0 Å². The second-order valence-electron chi connectivity index (χ2n) is 7.16. The van der Waals surface area contributed by atoms with Crippen LogP contribution in [0.15, 0.2) is 47.4 Å². The van der Waals surface area contributed by atoms with Gasteiger partial charge in [0.05, 0.1) is 16.6 Å². The minimum atomic E-state index is -2.60. The van der Waals surface area contributed by atoms with Crippen molar-refractivity contribution in [3.8, 4) is 11.1 Å². The molecular weight excluding hydrogens is 338 g/mol. The molecule has 0 unspecified atom stereocenters. The largest absolute Gasteiger partial charge is 0.384 e. The number of hydrogen-bond donors (Lipinski definition) is 1. The first kappa shape index (κ1) is 13.1. The molecule has 5 rings (SSSR count). The summed E-state index contributed by atoms with van der Waals surface area (Å²) in [6.07, 6.45) is 6.01. The molecule has 0 bridgehead atoms. The molecule has 0 atom stereocenters. The summed E-state index contributed by atoms with van der Waals surface area (Å²) in [5.41, 5.74) is 8.56. The Hall–Kier alpha value is -3.15. The number of rotatable bonds is 2. The predicted octanol–water partition coefficient (Wildman–Crippen LogP) is 3.49. The average molecular weight is 362 g/mol. The molecule has 6 heteroatoms. The second kappa shape index (κ2) is 5.94. The molecule has 3 aromatic heterocycles. The molecule has 2 N–H and O–H groups in total. The molecule has 27 heavy (non-hydrogen) atoms.